The molecule has 1 unspecified atom stereocenters. The van der Waals surface area contributed by atoms with E-state index in [2.05, 4.69) is 4.98 Å². The summed E-state index contributed by atoms with van der Waals surface area (Å²) in [5, 5.41) is -0.116. The number of rotatable bonds is 3. The quantitative estimate of drug-likeness (QED) is 0.596. The van der Waals surface area contributed by atoms with Crippen LogP contribution in [-0.2, 0) is 11.3 Å². The fourth-order valence-corrected chi connectivity index (χ4v) is 3.81. The summed E-state index contributed by atoms with van der Waals surface area (Å²) in [5.41, 5.74) is -2.19. The fraction of sp³-hybridized carbons (Fsp3) is 0.238. The monoisotopic (exact) mass is 456 g/mol. The molecule has 1 N–H and O–H groups in total. The van der Waals surface area contributed by atoms with E-state index in [0.717, 1.165) is 17.0 Å². The Kier molecular flexibility index (Phi) is 5.45. The molecule has 1 aromatic heterocycles. The van der Waals surface area contributed by atoms with Gasteiger partial charge in [-0.3, -0.25) is 9.59 Å². The molecule has 1 amide bonds. The van der Waals surface area contributed by atoms with E-state index in [0.29, 0.717) is 12.1 Å². The van der Waals surface area contributed by atoms with Crippen LogP contribution in [-0.4, -0.2) is 29.4 Å². The standard InChI is InChI=1S/C21H14F6N2O3/c1-29(21(31)8-2-13(24)18(19(26)27)14(25)3-8)16-7-32-6-15-17(16)9-4-11(22)12(23)5-10(9)20(30)28-15/h2-5,16,19H,6-7H2,1H3,(H,28,30). The van der Waals surface area contributed by atoms with E-state index in [4.69, 9.17) is 4.74 Å². The number of carbonyl (C=O) groups excluding carboxylic acids is 1. The number of amides is 1. The fourth-order valence-electron chi connectivity index (χ4n) is 3.81. The van der Waals surface area contributed by atoms with Crippen molar-refractivity contribution < 1.29 is 35.9 Å². The molecular formula is C21H14F6N2O3. The van der Waals surface area contributed by atoms with Crippen LogP contribution in [0.4, 0.5) is 26.3 Å². The van der Waals surface area contributed by atoms with Crippen molar-refractivity contribution in [3.05, 3.63) is 80.3 Å². The summed E-state index contributed by atoms with van der Waals surface area (Å²) in [6.45, 7) is -0.208. The van der Waals surface area contributed by atoms with Crippen molar-refractivity contribution in [3.63, 3.8) is 0 Å². The molecule has 0 radical (unpaired) electrons. The van der Waals surface area contributed by atoms with Crippen molar-refractivity contribution in [2.45, 2.75) is 19.1 Å². The smallest absolute Gasteiger partial charge is 0.269 e. The number of H-pyrrole nitrogens is 1. The molecule has 5 nitrogen and oxygen atoms in total. The van der Waals surface area contributed by atoms with Gasteiger partial charge in [-0.15, -0.1) is 0 Å². The number of aromatic nitrogens is 1. The van der Waals surface area contributed by atoms with Crippen LogP contribution >= 0.6 is 0 Å². The maximum atomic E-state index is 14.0. The van der Waals surface area contributed by atoms with Crippen molar-refractivity contribution in [1.82, 2.24) is 9.88 Å². The molecule has 168 valence electrons. The number of nitrogens with one attached hydrogen (secondary N) is 1. The zero-order valence-electron chi connectivity index (χ0n) is 16.3. The highest BCUT2D eigenvalue weighted by molar-refractivity contribution is 5.95. The van der Waals surface area contributed by atoms with Gasteiger partial charge in [0.1, 0.15) is 11.6 Å². The topological polar surface area (TPSA) is 62.4 Å². The number of likely N-dealkylation sites (N-methyl/N-ethyl adjacent to an activating group) is 1. The van der Waals surface area contributed by atoms with Crippen LogP contribution in [0.25, 0.3) is 10.8 Å². The predicted molar refractivity (Wildman–Crippen MR) is 100 cm³/mol. The Morgan fingerprint density at radius 3 is 2.22 bits per heavy atom. The second-order valence-corrected chi connectivity index (χ2v) is 7.26. The molecule has 0 fully saturated rings. The SMILES string of the molecule is CN(C(=O)c1cc(F)c(C(F)F)c(F)c1)C1COCc2[nH]c(=O)c3cc(F)c(F)cc3c21. The summed E-state index contributed by atoms with van der Waals surface area (Å²) in [4.78, 5) is 28.7. The Hall–Kier alpha value is -3.34. The number of aromatic amines is 1. The van der Waals surface area contributed by atoms with Gasteiger partial charge in [-0.05, 0) is 29.7 Å². The Balaban J connectivity index is 1.81. The highest BCUT2D eigenvalue weighted by Gasteiger charge is 2.32. The van der Waals surface area contributed by atoms with E-state index >= 15 is 0 Å². The van der Waals surface area contributed by atoms with E-state index in [1.165, 1.54) is 7.05 Å². The number of hydrogen-bond acceptors (Lipinski definition) is 3. The number of pyridine rings is 1. The lowest BCUT2D eigenvalue weighted by Crippen LogP contribution is -2.37. The number of benzene rings is 2. The second kappa shape index (κ2) is 7.97. The normalized spacial score (nSPS) is 15.8. The molecule has 2 aromatic carbocycles. The van der Waals surface area contributed by atoms with Crippen LogP contribution in [0.3, 0.4) is 0 Å². The van der Waals surface area contributed by atoms with E-state index in [1.54, 1.807) is 0 Å². The molecule has 3 aromatic rings. The Morgan fingerprint density at radius 2 is 1.62 bits per heavy atom. The lowest BCUT2D eigenvalue weighted by Gasteiger charge is -2.34. The number of hydrogen-bond donors (Lipinski definition) is 1. The summed E-state index contributed by atoms with van der Waals surface area (Å²) in [5.74, 6) is -6.54. The third kappa shape index (κ3) is 3.52. The first-order valence-corrected chi connectivity index (χ1v) is 9.26. The third-order valence-corrected chi connectivity index (χ3v) is 5.37. The molecule has 1 atom stereocenters. The molecule has 0 saturated carbocycles. The van der Waals surface area contributed by atoms with Gasteiger partial charge in [-0.1, -0.05) is 0 Å². The van der Waals surface area contributed by atoms with E-state index in [-0.39, 0.29) is 35.2 Å². The van der Waals surface area contributed by atoms with Gasteiger partial charge in [0.15, 0.2) is 11.6 Å². The summed E-state index contributed by atoms with van der Waals surface area (Å²) >= 11 is 0. The van der Waals surface area contributed by atoms with Gasteiger partial charge in [0.2, 0.25) is 0 Å². The van der Waals surface area contributed by atoms with Crippen LogP contribution in [0.1, 0.15) is 39.6 Å². The lowest BCUT2D eigenvalue weighted by atomic mass is 9.95. The summed E-state index contributed by atoms with van der Waals surface area (Å²) in [6, 6.07) is 1.58. The molecule has 11 heteroatoms. The van der Waals surface area contributed by atoms with Crippen LogP contribution < -0.4 is 5.56 Å². The zero-order chi connectivity index (χ0) is 23.3. The first kappa shape index (κ1) is 21.9. The van der Waals surface area contributed by atoms with Crippen LogP contribution in [0.15, 0.2) is 29.1 Å². The minimum Gasteiger partial charge on any atom is -0.373 e. The zero-order valence-corrected chi connectivity index (χ0v) is 16.3. The van der Waals surface area contributed by atoms with Crippen LogP contribution in [0.5, 0.6) is 0 Å². The molecule has 1 aliphatic heterocycles. The van der Waals surface area contributed by atoms with Crippen molar-refractivity contribution in [1.29, 1.82) is 0 Å². The predicted octanol–water partition coefficient (Wildman–Crippen LogP) is 4.37. The summed E-state index contributed by atoms with van der Waals surface area (Å²) in [7, 11) is 1.26. The maximum absolute atomic E-state index is 14.0. The van der Waals surface area contributed by atoms with Gasteiger partial charge in [0.05, 0.1) is 30.2 Å². The van der Waals surface area contributed by atoms with E-state index in [1.807, 2.05) is 0 Å². The molecule has 32 heavy (non-hydrogen) atoms. The molecule has 0 aliphatic carbocycles. The van der Waals surface area contributed by atoms with Gasteiger partial charge in [-0.2, -0.15) is 0 Å². The van der Waals surface area contributed by atoms with Crippen LogP contribution in [0.2, 0.25) is 0 Å². The Labute approximate surface area is 176 Å². The molecule has 2 heterocycles. The number of alkyl halides is 2. The highest BCUT2D eigenvalue weighted by atomic mass is 19.3. The maximum Gasteiger partial charge on any atom is 0.269 e. The number of halogens is 6. The van der Waals surface area contributed by atoms with Gasteiger partial charge in [0, 0.05) is 23.9 Å². The number of ether oxygens (including phenoxy) is 1. The average Bonchev–Trinajstić information content (AvgIpc) is 2.72. The highest BCUT2D eigenvalue weighted by Crippen LogP contribution is 2.35. The Morgan fingerprint density at radius 1 is 1.03 bits per heavy atom. The largest absolute Gasteiger partial charge is 0.373 e. The second-order valence-electron chi connectivity index (χ2n) is 7.26. The average molecular weight is 456 g/mol. The molecule has 0 spiro atoms. The number of carbonyl (C=O) groups is 1. The van der Waals surface area contributed by atoms with Gasteiger partial charge in [-0.25, -0.2) is 26.3 Å². The number of nitrogens with zero attached hydrogens (tertiary/aromatic N) is 1. The molecule has 0 saturated heterocycles. The van der Waals surface area contributed by atoms with Crippen molar-refractivity contribution >= 4 is 16.7 Å². The minimum atomic E-state index is -3.41. The number of fused-ring (bicyclic) bond motifs is 3. The third-order valence-electron chi connectivity index (χ3n) is 5.37. The Bertz CT molecular complexity index is 1280. The first-order chi connectivity index (χ1) is 15.1. The van der Waals surface area contributed by atoms with Gasteiger partial charge < -0.3 is 14.6 Å². The summed E-state index contributed by atoms with van der Waals surface area (Å²) in [6.07, 6.45) is -3.41. The van der Waals surface area contributed by atoms with Gasteiger partial charge in [0.25, 0.3) is 17.9 Å². The van der Waals surface area contributed by atoms with E-state index < -0.39 is 58.3 Å². The van der Waals surface area contributed by atoms with Crippen molar-refractivity contribution in [2.24, 2.45) is 0 Å². The summed E-state index contributed by atoms with van der Waals surface area (Å²) < 4.78 is 86.6. The van der Waals surface area contributed by atoms with Gasteiger partial charge >= 0.3 is 0 Å². The van der Waals surface area contributed by atoms with Crippen LogP contribution in [0, 0.1) is 23.3 Å². The lowest BCUT2D eigenvalue weighted by molar-refractivity contribution is 0.0335. The molecular weight excluding hydrogens is 442 g/mol. The van der Waals surface area contributed by atoms with E-state index in [9.17, 15) is 35.9 Å². The molecule has 1 aliphatic rings. The van der Waals surface area contributed by atoms with Crippen molar-refractivity contribution in [2.75, 3.05) is 13.7 Å². The molecule has 4 rings (SSSR count). The van der Waals surface area contributed by atoms with Crippen molar-refractivity contribution in [3.8, 4) is 0 Å². The molecule has 0 bridgehead atoms. The first-order valence-electron chi connectivity index (χ1n) is 9.26. The minimum absolute atomic E-state index is 0.0426.